The molecule has 1 aliphatic heterocycles. The lowest BCUT2D eigenvalue weighted by Gasteiger charge is -2.15. The van der Waals surface area contributed by atoms with E-state index in [4.69, 9.17) is 9.47 Å². The summed E-state index contributed by atoms with van der Waals surface area (Å²) in [5.41, 5.74) is 6.54. The van der Waals surface area contributed by atoms with Crippen LogP contribution >= 0.6 is 11.8 Å². The minimum Gasteiger partial charge on any atom is -0.493 e. The Labute approximate surface area is 163 Å². The predicted octanol–water partition coefficient (Wildman–Crippen LogP) is 4.97. The first kappa shape index (κ1) is 17.5. The summed E-state index contributed by atoms with van der Waals surface area (Å²) in [6.07, 6.45) is 0. The molecule has 0 aromatic heterocycles. The molecule has 0 bridgehead atoms. The first-order valence-corrected chi connectivity index (χ1v) is 9.61. The highest BCUT2D eigenvalue weighted by Gasteiger charge is 2.23. The van der Waals surface area contributed by atoms with Crippen molar-refractivity contribution in [1.29, 1.82) is 0 Å². The molecule has 5 heteroatoms. The maximum absolute atomic E-state index is 5.94. The Kier molecular flexibility index (Phi) is 5.30. The summed E-state index contributed by atoms with van der Waals surface area (Å²) in [6, 6.07) is 26.3. The molecule has 1 aliphatic rings. The third-order valence-electron chi connectivity index (χ3n) is 4.26. The topological polar surface area (TPSA) is 42.8 Å². The molecular weight excluding hydrogens is 356 g/mol. The van der Waals surface area contributed by atoms with Gasteiger partial charge < -0.3 is 9.47 Å². The van der Waals surface area contributed by atoms with Gasteiger partial charge in [-0.2, -0.15) is 5.10 Å². The first-order chi connectivity index (χ1) is 13.3. The number of nitrogens with one attached hydrogen (secondary N) is 1. The fourth-order valence-electron chi connectivity index (χ4n) is 2.84. The molecule has 1 N–H and O–H groups in total. The van der Waals surface area contributed by atoms with Gasteiger partial charge in [0.05, 0.1) is 7.11 Å². The van der Waals surface area contributed by atoms with Crippen molar-refractivity contribution in [1.82, 2.24) is 5.43 Å². The summed E-state index contributed by atoms with van der Waals surface area (Å²) in [4.78, 5) is 0. The van der Waals surface area contributed by atoms with Gasteiger partial charge in [-0.25, -0.2) is 0 Å². The van der Waals surface area contributed by atoms with E-state index in [-0.39, 0.29) is 5.37 Å². The van der Waals surface area contributed by atoms with Crippen molar-refractivity contribution in [2.75, 3.05) is 7.11 Å². The first-order valence-electron chi connectivity index (χ1n) is 8.73. The fraction of sp³-hybridized carbons (Fsp3) is 0.136. The van der Waals surface area contributed by atoms with E-state index in [1.54, 1.807) is 18.9 Å². The van der Waals surface area contributed by atoms with Crippen molar-refractivity contribution in [2.45, 2.75) is 12.0 Å². The maximum Gasteiger partial charge on any atom is 0.161 e. The highest BCUT2D eigenvalue weighted by molar-refractivity contribution is 8.14. The molecule has 0 spiro atoms. The number of nitrogens with zero attached hydrogens (tertiary/aromatic N) is 1. The third-order valence-corrected chi connectivity index (χ3v) is 5.42. The molecule has 0 unspecified atom stereocenters. The van der Waals surface area contributed by atoms with Crippen molar-refractivity contribution in [3.63, 3.8) is 0 Å². The van der Waals surface area contributed by atoms with Gasteiger partial charge in [0.15, 0.2) is 11.5 Å². The van der Waals surface area contributed by atoms with E-state index in [9.17, 15) is 0 Å². The zero-order chi connectivity index (χ0) is 18.5. The Hall–Kier alpha value is -2.92. The van der Waals surface area contributed by atoms with Crippen LogP contribution in [0.25, 0.3) is 0 Å². The van der Waals surface area contributed by atoms with Gasteiger partial charge in [-0.05, 0) is 23.3 Å². The van der Waals surface area contributed by atoms with Crippen LogP contribution in [0.4, 0.5) is 0 Å². The molecule has 0 radical (unpaired) electrons. The molecule has 0 amide bonds. The van der Waals surface area contributed by atoms with Crippen LogP contribution < -0.4 is 14.9 Å². The van der Waals surface area contributed by atoms with Crippen LogP contribution in [0, 0.1) is 0 Å². The van der Waals surface area contributed by atoms with Crippen LogP contribution in [0.15, 0.2) is 84.0 Å². The Morgan fingerprint density at radius 3 is 2.41 bits per heavy atom. The van der Waals surface area contributed by atoms with Crippen molar-refractivity contribution in [3.05, 3.63) is 95.6 Å². The van der Waals surface area contributed by atoms with Gasteiger partial charge in [-0.3, -0.25) is 5.43 Å². The number of hydrogen-bond donors (Lipinski definition) is 1. The van der Waals surface area contributed by atoms with Crippen LogP contribution in [-0.2, 0) is 6.61 Å². The minimum absolute atomic E-state index is 0.0530. The average molecular weight is 376 g/mol. The standard InChI is InChI=1S/C22H20N2O2S/c1-25-20-14-18(12-13-19(20)26-15-16-8-4-2-5-9-16)22-24-23-21(27-22)17-10-6-3-7-11-17/h2-14,22,24H,15H2,1H3/t22-/m1/s1. The fourth-order valence-corrected chi connectivity index (χ4v) is 3.83. The van der Waals surface area contributed by atoms with Crippen LogP contribution in [0.5, 0.6) is 11.5 Å². The van der Waals surface area contributed by atoms with E-state index < -0.39 is 0 Å². The van der Waals surface area contributed by atoms with E-state index in [1.807, 2.05) is 60.7 Å². The number of hydrazone groups is 1. The van der Waals surface area contributed by atoms with E-state index in [2.05, 4.69) is 28.7 Å². The van der Waals surface area contributed by atoms with Gasteiger partial charge in [0, 0.05) is 5.56 Å². The molecule has 4 nitrogen and oxygen atoms in total. The Bertz CT molecular complexity index is 930. The molecular formula is C22H20N2O2S. The lowest BCUT2D eigenvalue weighted by atomic mass is 10.2. The number of thioether (sulfide) groups is 1. The Morgan fingerprint density at radius 1 is 0.926 bits per heavy atom. The van der Waals surface area contributed by atoms with Crippen LogP contribution in [0.3, 0.4) is 0 Å². The van der Waals surface area contributed by atoms with Crippen molar-refractivity contribution >= 4 is 16.8 Å². The number of hydrogen-bond acceptors (Lipinski definition) is 5. The van der Waals surface area contributed by atoms with Gasteiger partial charge in [0.2, 0.25) is 0 Å². The third kappa shape index (κ3) is 4.09. The summed E-state index contributed by atoms with van der Waals surface area (Å²) in [6.45, 7) is 0.508. The molecule has 1 heterocycles. The molecule has 1 atom stereocenters. The largest absolute Gasteiger partial charge is 0.493 e. The van der Waals surface area contributed by atoms with E-state index in [0.29, 0.717) is 6.61 Å². The molecule has 136 valence electrons. The maximum atomic E-state index is 5.94. The van der Waals surface area contributed by atoms with E-state index >= 15 is 0 Å². The van der Waals surface area contributed by atoms with Crippen molar-refractivity contribution in [2.24, 2.45) is 5.10 Å². The smallest absolute Gasteiger partial charge is 0.161 e. The van der Waals surface area contributed by atoms with Crippen LogP contribution in [0.1, 0.15) is 22.1 Å². The molecule has 27 heavy (non-hydrogen) atoms. The number of ether oxygens (including phenoxy) is 2. The lowest BCUT2D eigenvalue weighted by Crippen LogP contribution is -2.07. The second kappa shape index (κ2) is 8.18. The molecule has 4 rings (SSSR count). The highest BCUT2D eigenvalue weighted by Crippen LogP contribution is 2.38. The van der Waals surface area contributed by atoms with E-state index in [0.717, 1.165) is 33.2 Å². The monoisotopic (exact) mass is 376 g/mol. The number of methoxy groups -OCH3 is 1. The summed E-state index contributed by atoms with van der Waals surface area (Å²) < 4.78 is 11.5. The second-order valence-electron chi connectivity index (χ2n) is 6.09. The Balaban J connectivity index is 1.45. The van der Waals surface area contributed by atoms with Gasteiger partial charge >= 0.3 is 0 Å². The summed E-state index contributed by atoms with van der Waals surface area (Å²) >= 11 is 1.69. The summed E-state index contributed by atoms with van der Waals surface area (Å²) in [5, 5.41) is 5.52. The normalized spacial score (nSPS) is 15.7. The van der Waals surface area contributed by atoms with Gasteiger partial charge in [-0.15, -0.1) is 0 Å². The van der Waals surface area contributed by atoms with E-state index in [1.165, 1.54) is 0 Å². The molecule has 0 saturated heterocycles. The highest BCUT2D eigenvalue weighted by atomic mass is 32.2. The van der Waals surface area contributed by atoms with Gasteiger partial charge in [0.1, 0.15) is 17.0 Å². The zero-order valence-electron chi connectivity index (χ0n) is 15.0. The lowest BCUT2D eigenvalue weighted by molar-refractivity contribution is 0.284. The van der Waals surface area contributed by atoms with Crippen molar-refractivity contribution < 1.29 is 9.47 Å². The van der Waals surface area contributed by atoms with Crippen LogP contribution in [0.2, 0.25) is 0 Å². The molecule has 3 aromatic rings. The van der Waals surface area contributed by atoms with Gasteiger partial charge in [0.25, 0.3) is 0 Å². The predicted molar refractivity (Wildman–Crippen MR) is 110 cm³/mol. The molecule has 0 fully saturated rings. The second-order valence-corrected chi connectivity index (χ2v) is 7.19. The molecule has 0 aliphatic carbocycles. The molecule has 0 saturated carbocycles. The van der Waals surface area contributed by atoms with Crippen molar-refractivity contribution in [3.8, 4) is 11.5 Å². The van der Waals surface area contributed by atoms with Crippen LogP contribution in [-0.4, -0.2) is 12.2 Å². The molecule has 3 aromatic carbocycles. The summed E-state index contributed by atoms with van der Waals surface area (Å²) in [5.74, 6) is 1.45. The summed E-state index contributed by atoms with van der Waals surface area (Å²) in [7, 11) is 1.66. The SMILES string of the molecule is COc1cc([C@@H]2NN=C(c3ccccc3)S2)ccc1OCc1ccccc1. The quantitative estimate of drug-likeness (QED) is 0.659. The average Bonchev–Trinajstić information content (AvgIpc) is 3.24. The zero-order valence-corrected chi connectivity index (χ0v) is 15.8. The minimum atomic E-state index is 0.0530. The number of rotatable bonds is 6. The number of benzene rings is 3. The van der Waals surface area contributed by atoms with Gasteiger partial charge in [-0.1, -0.05) is 78.5 Å². The Morgan fingerprint density at radius 2 is 1.67 bits per heavy atom.